The van der Waals surface area contributed by atoms with Gasteiger partial charge >= 0.3 is 0 Å². The Hall–Kier alpha value is -1.86. The lowest BCUT2D eigenvalue weighted by atomic mass is 10.2. The molecular weight excluding hydrogens is 370 g/mol. The summed E-state index contributed by atoms with van der Waals surface area (Å²) in [5, 5.41) is 0.198. The van der Waals surface area contributed by atoms with E-state index in [9.17, 15) is 13.2 Å². The van der Waals surface area contributed by atoms with Gasteiger partial charge in [0.2, 0.25) is 0 Å². The Morgan fingerprint density at radius 1 is 1.09 bits per heavy atom. The first-order valence-corrected chi connectivity index (χ1v) is 8.93. The predicted molar refractivity (Wildman–Crippen MR) is 88.4 cm³/mol. The first kappa shape index (κ1) is 16.5. The minimum Gasteiger partial charge on any atom is -0.497 e. The summed E-state index contributed by atoms with van der Waals surface area (Å²) in [5.74, 6) is 0.535. The molecule has 0 saturated carbocycles. The number of hydrogen-bond acceptors (Lipinski definition) is 4. The molecule has 0 aliphatic heterocycles. The van der Waals surface area contributed by atoms with Gasteiger partial charge in [0.15, 0.2) is 5.78 Å². The largest absolute Gasteiger partial charge is 0.497 e. The Bertz CT molecular complexity index is 755. The number of methoxy groups -OCH3 is 1. The molecule has 0 bridgehead atoms. The van der Waals surface area contributed by atoms with Crippen LogP contribution in [0.2, 0.25) is 0 Å². The van der Waals surface area contributed by atoms with Crippen LogP contribution < -0.4 is 9.46 Å². The zero-order valence-corrected chi connectivity index (χ0v) is 14.1. The second-order valence-corrected chi connectivity index (χ2v) is 6.66. The van der Waals surface area contributed by atoms with Crippen molar-refractivity contribution in [3.05, 3.63) is 54.1 Å². The Morgan fingerprint density at radius 3 is 2.18 bits per heavy atom. The van der Waals surface area contributed by atoms with E-state index >= 15 is 0 Å². The van der Waals surface area contributed by atoms with E-state index in [1.54, 1.807) is 24.3 Å². The van der Waals surface area contributed by atoms with Crippen LogP contribution in [0.1, 0.15) is 10.4 Å². The van der Waals surface area contributed by atoms with Crippen LogP contribution >= 0.6 is 15.9 Å². The number of halogens is 1. The average molecular weight is 384 g/mol. The van der Waals surface area contributed by atoms with E-state index in [1.165, 1.54) is 31.4 Å². The maximum absolute atomic E-state index is 12.3. The summed E-state index contributed by atoms with van der Waals surface area (Å²) in [4.78, 5) is 11.6. The molecule has 0 amide bonds. The quantitative estimate of drug-likeness (QED) is 0.614. The van der Waals surface area contributed by atoms with Gasteiger partial charge in [-0.15, -0.1) is 0 Å². The molecule has 0 fully saturated rings. The number of benzene rings is 2. The highest BCUT2D eigenvalue weighted by atomic mass is 79.9. The van der Waals surface area contributed by atoms with Gasteiger partial charge in [0.25, 0.3) is 10.0 Å². The summed E-state index contributed by atoms with van der Waals surface area (Å²) in [6, 6.07) is 12.3. The summed E-state index contributed by atoms with van der Waals surface area (Å²) >= 11 is 3.08. The fraction of sp³-hybridized carbons (Fsp3) is 0.133. The average Bonchev–Trinajstić information content (AvgIpc) is 2.54. The maximum atomic E-state index is 12.3. The van der Waals surface area contributed by atoms with Crippen LogP contribution in [-0.2, 0) is 10.0 Å². The van der Waals surface area contributed by atoms with Crippen LogP contribution in [0.5, 0.6) is 5.75 Å². The number of carbonyl (C=O) groups is 1. The van der Waals surface area contributed by atoms with Crippen molar-refractivity contribution in [3.8, 4) is 5.75 Å². The Labute approximate surface area is 137 Å². The normalized spacial score (nSPS) is 11.0. The second-order valence-electron chi connectivity index (χ2n) is 4.42. The summed E-state index contributed by atoms with van der Waals surface area (Å²) in [5.41, 5.74) is 0.890. The second kappa shape index (κ2) is 6.93. The number of carbonyl (C=O) groups excluding carboxylic acids is 1. The molecule has 0 unspecified atom stereocenters. The molecule has 2 rings (SSSR count). The fourth-order valence-electron chi connectivity index (χ4n) is 1.77. The number of nitrogens with one attached hydrogen (secondary N) is 1. The van der Waals surface area contributed by atoms with Crippen LogP contribution in [0.25, 0.3) is 0 Å². The smallest absolute Gasteiger partial charge is 0.261 e. The van der Waals surface area contributed by atoms with E-state index < -0.39 is 10.0 Å². The lowest BCUT2D eigenvalue weighted by Crippen LogP contribution is -2.13. The Morgan fingerprint density at radius 2 is 1.68 bits per heavy atom. The third-order valence-corrected chi connectivity index (χ3v) is 4.86. The van der Waals surface area contributed by atoms with Crippen molar-refractivity contribution < 1.29 is 17.9 Å². The van der Waals surface area contributed by atoms with Gasteiger partial charge in [-0.1, -0.05) is 28.1 Å². The number of anilines is 1. The van der Waals surface area contributed by atoms with Crippen molar-refractivity contribution in [2.45, 2.75) is 4.90 Å². The van der Waals surface area contributed by atoms with Gasteiger partial charge in [-0.3, -0.25) is 9.52 Å². The van der Waals surface area contributed by atoms with Gasteiger partial charge in [0.1, 0.15) is 5.75 Å². The standard InChI is InChI=1S/C15H14BrNO4S/c1-21-13-6-4-12(5-7-13)17-22(19,20)14-8-2-11(3-9-14)15(18)10-16/h2-9,17H,10H2,1H3. The molecule has 7 heteroatoms. The van der Waals surface area contributed by atoms with Crippen molar-refractivity contribution in [2.75, 3.05) is 17.2 Å². The fourth-order valence-corrected chi connectivity index (χ4v) is 3.15. The molecule has 0 aliphatic rings. The molecule has 0 aromatic heterocycles. The highest BCUT2D eigenvalue weighted by Crippen LogP contribution is 2.19. The number of sulfonamides is 1. The Kier molecular flexibility index (Phi) is 5.20. The third kappa shape index (κ3) is 3.86. The Balaban J connectivity index is 2.20. The summed E-state index contributed by atoms with van der Waals surface area (Å²) in [7, 11) is -2.16. The highest BCUT2D eigenvalue weighted by Gasteiger charge is 2.15. The van der Waals surface area contributed by atoms with Gasteiger partial charge in [-0.25, -0.2) is 8.42 Å². The summed E-state index contributed by atoms with van der Waals surface area (Å²) < 4.78 is 32.0. The molecule has 0 saturated heterocycles. The predicted octanol–water partition coefficient (Wildman–Crippen LogP) is 3.07. The van der Waals surface area contributed by atoms with Crippen molar-refractivity contribution in [1.82, 2.24) is 0 Å². The molecule has 0 spiro atoms. The van der Waals surface area contributed by atoms with Gasteiger partial charge in [0.05, 0.1) is 17.3 Å². The molecule has 0 radical (unpaired) electrons. The molecule has 0 atom stereocenters. The van der Waals surface area contributed by atoms with Crippen LogP contribution in [0.4, 0.5) is 5.69 Å². The highest BCUT2D eigenvalue weighted by molar-refractivity contribution is 9.09. The zero-order valence-electron chi connectivity index (χ0n) is 11.7. The van der Waals surface area contributed by atoms with Gasteiger partial charge in [0, 0.05) is 11.3 Å². The molecule has 2 aromatic carbocycles. The SMILES string of the molecule is COc1ccc(NS(=O)(=O)c2ccc(C(=O)CBr)cc2)cc1. The van der Waals surface area contributed by atoms with Crippen molar-refractivity contribution in [2.24, 2.45) is 0 Å². The summed E-state index contributed by atoms with van der Waals surface area (Å²) in [6.45, 7) is 0. The van der Waals surface area contributed by atoms with E-state index in [4.69, 9.17) is 4.74 Å². The number of rotatable bonds is 6. The minimum absolute atomic E-state index is 0.0921. The number of alkyl halides is 1. The monoisotopic (exact) mass is 383 g/mol. The molecule has 0 aliphatic carbocycles. The van der Waals surface area contributed by atoms with Gasteiger partial charge in [-0.05, 0) is 36.4 Å². The molecule has 22 heavy (non-hydrogen) atoms. The van der Waals surface area contributed by atoms with E-state index in [2.05, 4.69) is 20.7 Å². The van der Waals surface area contributed by atoms with E-state index in [0.29, 0.717) is 17.0 Å². The lowest BCUT2D eigenvalue weighted by Gasteiger charge is -2.09. The van der Waals surface area contributed by atoms with Crippen LogP contribution in [0.3, 0.4) is 0 Å². The summed E-state index contributed by atoms with van der Waals surface area (Å²) in [6.07, 6.45) is 0. The molecule has 0 heterocycles. The molecule has 116 valence electrons. The van der Waals surface area contributed by atoms with Crippen LogP contribution in [-0.4, -0.2) is 26.6 Å². The molecule has 2 aromatic rings. The number of ketones is 1. The van der Waals surface area contributed by atoms with Crippen LogP contribution in [0, 0.1) is 0 Å². The maximum Gasteiger partial charge on any atom is 0.261 e. The zero-order chi connectivity index (χ0) is 16.2. The lowest BCUT2D eigenvalue weighted by molar-refractivity contribution is 0.102. The number of hydrogen-bond donors (Lipinski definition) is 1. The van der Waals surface area contributed by atoms with Crippen LogP contribution in [0.15, 0.2) is 53.4 Å². The number of Topliss-reactive ketones (excluding diaryl/α,β-unsaturated/α-hetero) is 1. The first-order valence-electron chi connectivity index (χ1n) is 6.32. The van der Waals surface area contributed by atoms with E-state index in [0.717, 1.165) is 0 Å². The topological polar surface area (TPSA) is 72.5 Å². The molecule has 5 nitrogen and oxygen atoms in total. The van der Waals surface area contributed by atoms with E-state index in [1.807, 2.05) is 0 Å². The van der Waals surface area contributed by atoms with Crippen molar-refractivity contribution >= 4 is 37.4 Å². The third-order valence-electron chi connectivity index (χ3n) is 2.95. The first-order chi connectivity index (χ1) is 10.5. The van der Waals surface area contributed by atoms with Gasteiger partial charge < -0.3 is 4.74 Å². The van der Waals surface area contributed by atoms with Crippen molar-refractivity contribution in [3.63, 3.8) is 0 Å². The van der Waals surface area contributed by atoms with Gasteiger partial charge in [-0.2, -0.15) is 0 Å². The number of ether oxygens (including phenoxy) is 1. The minimum atomic E-state index is -3.70. The molecular formula is C15H14BrNO4S. The molecule has 1 N–H and O–H groups in total. The van der Waals surface area contributed by atoms with E-state index in [-0.39, 0.29) is 16.0 Å². The van der Waals surface area contributed by atoms with Crippen molar-refractivity contribution in [1.29, 1.82) is 0 Å².